The second-order valence-corrected chi connectivity index (χ2v) is 22.7. The molecule has 466 valence electrons. The van der Waals surface area contributed by atoms with Crippen molar-refractivity contribution in [2.75, 3.05) is 47.5 Å². The molecule has 0 saturated carbocycles. The summed E-state index contributed by atoms with van der Waals surface area (Å²) in [6, 6.07) is 0. The van der Waals surface area contributed by atoms with Crippen LogP contribution in [0.2, 0.25) is 0 Å². The van der Waals surface area contributed by atoms with Crippen LogP contribution >= 0.6 is 0 Å². The number of likely N-dealkylation sites (N-methyl/N-ethyl adjacent to an activating group) is 1. The molecule has 82 heavy (non-hydrogen) atoms. The van der Waals surface area contributed by atoms with Crippen molar-refractivity contribution < 1.29 is 42.9 Å². The van der Waals surface area contributed by atoms with E-state index in [2.05, 4.69) is 148 Å². The molecular formula is C73H121NO8. The van der Waals surface area contributed by atoms with Crippen molar-refractivity contribution >= 4 is 17.9 Å². The van der Waals surface area contributed by atoms with Gasteiger partial charge in [0.05, 0.1) is 40.3 Å². The van der Waals surface area contributed by atoms with E-state index in [1.807, 2.05) is 21.1 Å². The lowest BCUT2D eigenvalue weighted by Crippen LogP contribution is -2.44. The fourth-order valence-electron chi connectivity index (χ4n) is 8.66. The van der Waals surface area contributed by atoms with Crippen molar-refractivity contribution in [1.29, 1.82) is 0 Å². The normalized spacial score (nSPS) is 13.6. The van der Waals surface area contributed by atoms with Gasteiger partial charge in [0.25, 0.3) is 0 Å². The summed E-state index contributed by atoms with van der Waals surface area (Å²) >= 11 is 0. The number of aliphatic carboxylic acids is 1. The van der Waals surface area contributed by atoms with Gasteiger partial charge in [-0.2, -0.15) is 0 Å². The molecule has 2 unspecified atom stereocenters. The zero-order chi connectivity index (χ0) is 59.8. The Morgan fingerprint density at radius 2 is 0.695 bits per heavy atom. The number of carboxylic acids is 1. The van der Waals surface area contributed by atoms with Gasteiger partial charge in [0.2, 0.25) is 0 Å². The molecule has 0 aliphatic carbocycles. The lowest BCUT2D eigenvalue weighted by molar-refractivity contribution is -0.870. The van der Waals surface area contributed by atoms with Gasteiger partial charge in [-0.3, -0.25) is 9.59 Å². The Morgan fingerprint density at radius 1 is 0.378 bits per heavy atom. The summed E-state index contributed by atoms with van der Waals surface area (Å²) in [6.07, 6.45) is 86.6. The summed E-state index contributed by atoms with van der Waals surface area (Å²) in [7, 11) is 5.91. The molecule has 0 radical (unpaired) electrons. The molecule has 0 rings (SSSR count). The quantitative estimate of drug-likeness (QED) is 0.0195. The van der Waals surface area contributed by atoms with Gasteiger partial charge in [0, 0.05) is 12.8 Å². The maximum Gasteiger partial charge on any atom is 0.306 e. The standard InChI is InChI=1S/C73H121NO8/c1-6-8-10-12-14-16-18-20-22-24-25-26-27-28-29-30-31-32-33-34-35-36-37-38-39-40-41-42-43-44-45-46-47-48-50-52-54-56-58-60-62-64-71(76)82-69(68-81-73(72(77)78)79-66-65-74(3,4)5)67-80-70(75)63-61-59-57-55-53-51-49-23-21-19-17-15-13-11-9-7-2/h8,10,14,16,20,22,25-26,28-29,31-32,34-35,37-38,40-41,43-44,46-47,69,73H,6-7,9,11-13,15,17-19,21,23-24,27,30,33,36,39,42,45,48-68H2,1-5H3/b10-8-,16-14-,22-20-,26-25-,29-28-,32-31-,35-34-,38-37-,41-40-,44-43-,47-46-. The number of carboxylic acid groups (broad SMARTS) is 1. The van der Waals surface area contributed by atoms with Crippen LogP contribution in [0.15, 0.2) is 134 Å². The van der Waals surface area contributed by atoms with Crippen LogP contribution in [0.5, 0.6) is 0 Å². The number of esters is 2. The van der Waals surface area contributed by atoms with Crippen LogP contribution in [-0.2, 0) is 33.3 Å². The molecule has 9 heteroatoms. The molecule has 0 aromatic heterocycles. The fraction of sp³-hybridized carbons (Fsp3) is 0.658. The van der Waals surface area contributed by atoms with Gasteiger partial charge in [-0.25, -0.2) is 0 Å². The third-order valence-corrected chi connectivity index (χ3v) is 13.7. The molecule has 0 aromatic rings. The summed E-state index contributed by atoms with van der Waals surface area (Å²) in [6.45, 7) is 4.62. The Hall–Kier alpha value is -4.57. The number of ether oxygens (including phenoxy) is 4. The molecular weight excluding hydrogens is 1020 g/mol. The van der Waals surface area contributed by atoms with Crippen molar-refractivity contribution in [3.8, 4) is 0 Å². The summed E-state index contributed by atoms with van der Waals surface area (Å²) in [5, 5.41) is 11.8. The number of unbranched alkanes of at least 4 members (excludes halogenated alkanes) is 22. The van der Waals surface area contributed by atoms with Crippen molar-refractivity contribution in [2.24, 2.45) is 0 Å². The van der Waals surface area contributed by atoms with Crippen molar-refractivity contribution in [3.05, 3.63) is 134 Å². The third kappa shape index (κ3) is 63.0. The number of rotatable bonds is 59. The average Bonchev–Trinajstić information content (AvgIpc) is 3.45. The molecule has 0 N–H and O–H groups in total. The average molecular weight is 1140 g/mol. The first-order valence-electron chi connectivity index (χ1n) is 32.8. The van der Waals surface area contributed by atoms with E-state index in [4.69, 9.17) is 18.9 Å². The molecule has 0 aromatic carbocycles. The summed E-state index contributed by atoms with van der Waals surface area (Å²) < 4.78 is 22.7. The van der Waals surface area contributed by atoms with Crippen LogP contribution in [0.3, 0.4) is 0 Å². The van der Waals surface area contributed by atoms with Gasteiger partial charge in [0.15, 0.2) is 12.4 Å². The fourth-order valence-corrected chi connectivity index (χ4v) is 8.66. The summed E-state index contributed by atoms with van der Waals surface area (Å²) in [4.78, 5) is 37.3. The van der Waals surface area contributed by atoms with Gasteiger partial charge in [-0.15, -0.1) is 0 Å². The van der Waals surface area contributed by atoms with Crippen molar-refractivity contribution in [2.45, 2.75) is 264 Å². The molecule has 9 nitrogen and oxygen atoms in total. The summed E-state index contributed by atoms with van der Waals surface area (Å²) in [5.41, 5.74) is 0. The molecule has 2 atom stereocenters. The van der Waals surface area contributed by atoms with Gasteiger partial charge in [-0.1, -0.05) is 276 Å². The topological polar surface area (TPSA) is 111 Å². The van der Waals surface area contributed by atoms with E-state index in [1.165, 1.54) is 103 Å². The smallest absolute Gasteiger partial charge is 0.306 e. The molecule has 0 fully saturated rings. The maximum atomic E-state index is 12.9. The Balaban J connectivity index is 4.18. The van der Waals surface area contributed by atoms with Gasteiger partial charge in [-0.05, 0) is 96.3 Å². The number of allylic oxidation sites excluding steroid dienone is 22. The largest absolute Gasteiger partial charge is 0.545 e. The van der Waals surface area contributed by atoms with Crippen molar-refractivity contribution in [1.82, 2.24) is 0 Å². The van der Waals surface area contributed by atoms with Crippen LogP contribution < -0.4 is 5.11 Å². The zero-order valence-corrected chi connectivity index (χ0v) is 53.1. The van der Waals surface area contributed by atoms with Gasteiger partial charge < -0.3 is 33.3 Å². The van der Waals surface area contributed by atoms with Crippen LogP contribution in [0, 0.1) is 0 Å². The lowest BCUT2D eigenvalue weighted by atomic mass is 10.0. The Morgan fingerprint density at radius 3 is 1.04 bits per heavy atom. The molecule has 0 spiro atoms. The first-order valence-corrected chi connectivity index (χ1v) is 32.8. The van der Waals surface area contributed by atoms with Gasteiger partial charge >= 0.3 is 11.9 Å². The minimum atomic E-state index is -1.63. The monoisotopic (exact) mass is 1140 g/mol. The number of carbonyl (C=O) groups is 3. The number of nitrogens with zero attached hydrogens (tertiary/aromatic N) is 1. The van der Waals surface area contributed by atoms with Crippen LogP contribution in [-0.4, -0.2) is 82.3 Å². The summed E-state index contributed by atoms with van der Waals surface area (Å²) in [5.74, 6) is -2.30. The van der Waals surface area contributed by atoms with E-state index in [-0.39, 0.29) is 38.6 Å². The molecule has 0 aliphatic rings. The highest BCUT2D eigenvalue weighted by Gasteiger charge is 2.22. The molecule has 0 aliphatic heterocycles. The SMILES string of the molecule is CC/C=C\C/C=C\C/C=C\C/C=C\C/C=C\C/C=C\C/C=C\C/C=C\C/C=C\C/C=C\C/C=C\CCCCCCCCCC(=O)OC(COC(=O)CCCCCCCCCCCCCCCCCC)COC(OCC[N+](C)(C)C)C(=O)[O-]. The molecule has 0 heterocycles. The highest BCUT2D eigenvalue weighted by atomic mass is 16.7. The highest BCUT2D eigenvalue weighted by molar-refractivity contribution is 5.70. The molecule has 0 saturated heterocycles. The number of quaternary nitrogens is 1. The Bertz CT molecular complexity index is 1810. The van der Waals surface area contributed by atoms with E-state index in [0.717, 1.165) is 116 Å². The number of hydrogen-bond acceptors (Lipinski definition) is 8. The zero-order valence-electron chi connectivity index (χ0n) is 53.1. The van der Waals surface area contributed by atoms with Crippen LogP contribution in [0.1, 0.15) is 251 Å². The van der Waals surface area contributed by atoms with E-state index in [0.29, 0.717) is 17.4 Å². The third-order valence-electron chi connectivity index (χ3n) is 13.7. The highest BCUT2D eigenvalue weighted by Crippen LogP contribution is 2.16. The Labute approximate surface area is 503 Å². The Kier molecular flexibility index (Phi) is 59.0. The lowest BCUT2D eigenvalue weighted by Gasteiger charge is -2.26. The first-order chi connectivity index (χ1) is 40.1. The second-order valence-electron chi connectivity index (χ2n) is 22.7. The predicted molar refractivity (Wildman–Crippen MR) is 347 cm³/mol. The number of carbonyl (C=O) groups excluding carboxylic acids is 3. The number of hydrogen-bond donors (Lipinski definition) is 0. The van der Waals surface area contributed by atoms with E-state index in [9.17, 15) is 19.5 Å². The van der Waals surface area contributed by atoms with Crippen LogP contribution in [0.4, 0.5) is 0 Å². The predicted octanol–water partition coefficient (Wildman–Crippen LogP) is 18.8. The molecule has 0 amide bonds. The van der Waals surface area contributed by atoms with Crippen molar-refractivity contribution in [3.63, 3.8) is 0 Å². The minimum Gasteiger partial charge on any atom is -0.545 e. The maximum absolute atomic E-state index is 12.9. The van der Waals surface area contributed by atoms with E-state index < -0.39 is 24.3 Å². The van der Waals surface area contributed by atoms with E-state index in [1.54, 1.807) is 0 Å². The second kappa shape index (κ2) is 62.5. The van der Waals surface area contributed by atoms with Gasteiger partial charge in [0.1, 0.15) is 13.2 Å². The van der Waals surface area contributed by atoms with E-state index >= 15 is 0 Å². The first kappa shape index (κ1) is 77.4. The molecule has 0 bridgehead atoms. The minimum absolute atomic E-state index is 0.141. The van der Waals surface area contributed by atoms with Crippen LogP contribution in [0.25, 0.3) is 0 Å².